The van der Waals surface area contributed by atoms with Crippen LogP contribution in [0.4, 0.5) is 17.6 Å². The predicted molar refractivity (Wildman–Crippen MR) is 123 cm³/mol. The van der Waals surface area contributed by atoms with E-state index >= 15 is 0 Å². The number of hydrogen-bond acceptors (Lipinski definition) is 1. The fraction of sp³-hybridized carbons (Fsp3) is 0.357. The molecule has 1 aliphatic heterocycles. The number of ether oxygens (including phenoxy) is 1. The first kappa shape index (κ1) is 23.5. The summed E-state index contributed by atoms with van der Waals surface area (Å²) in [5.74, 6) is -3.10. The zero-order chi connectivity index (χ0) is 23.5. The average molecular weight is 457 g/mol. The van der Waals surface area contributed by atoms with Gasteiger partial charge in [-0.1, -0.05) is 68.8 Å². The fourth-order valence-corrected chi connectivity index (χ4v) is 4.64. The van der Waals surface area contributed by atoms with Crippen LogP contribution in [0.3, 0.4) is 0 Å². The summed E-state index contributed by atoms with van der Waals surface area (Å²) in [6, 6.07) is 12.6. The highest BCUT2D eigenvalue weighted by Crippen LogP contribution is 2.37. The van der Waals surface area contributed by atoms with Crippen molar-refractivity contribution in [3.8, 4) is 22.3 Å². The summed E-state index contributed by atoms with van der Waals surface area (Å²) >= 11 is 0. The molecule has 33 heavy (non-hydrogen) atoms. The second-order valence-electron chi connectivity index (χ2n) is 8.72. The molecule has 1 heterocycles. The van der Waals surface area contributed by atoms with E-state index in [0.717, 1.165) is 19.3 Å². The number of halogens is 4. The van der Waals surface area contributed by atoms with Gasteiger partial charge in [0, 0.05) is 16.7 Å². The van der Waals surface area contributed by atoms with Crippen LogP contribution in [0.5, 0.6) is 0 Å². The Kier molecular flexibility index (Phi) is 7.18. The minimum absolute atomic E-state index is 0.121. The Morgan fingerprint density at radius 1 is 0.727 bits per heavy atom. The van der Waals surface area contributed by atoms with E-state index in [2.05, 4.69) is 6.92 Å². The van der Waals surface area contributed by atoms with Crippen LogP contribution in [0.25, 0.3) is 22.3 Å². The van der Waals surface area contributed by atoms with Crippen molar-refractivity contribution in [2.45, 2.75) is 52.1 Å². The minimum Gasteiger partial charge on any atom is -0.373 e. The lowest BCUT2D eigenvalue weighted by atomic mass is 9.90. The van der Waals surface area contributed by atoms with Gasteiger partial charge in [0.25, 0.3) is 0 Å². The molecular formula is C28H28F4O. The van der Waals surface area contributed by atoms with E-state index in [9.17, 15) is 17.6 Å². The molecule has 174 valence electrons. The summed E-state index contributed by atoms with van der Waals surface area (Å²) in [5.41, 5.74) is 1.74. The van der Waals surface area contributed by atoms with E-state index in [0.29, 0.717) is 42.1 Å². The van der Waals surface area contributed by atoms with Crippen LogP contribution in [0, 0.1) is 29.2 Å². The molecular weight excluding hydrogens is 428 g/mol. The van der Waals surface area contributed by atoms with Gasteiger partial charge in [-0.05, 0) is 48.3 Å². The van der Waals surface area contributed by atoms with E-state index in [-0.39, 0.29) is 16.7 Å². The van der Waals surface area contributed by atoms with Crippen molar-refractivity contribution in [2.24, 2.45) is 5.92 Å². The molecule has 3 aromatic rings. The lowest BCUT2D eigenvalue weighted by Gasteiger charge is -2.29. The summed E-state index contributed by atoms with van der Waals surface area (Å²) in [7, 11) is 0. The van der Waals surface area contributed by atoms with Crippen LogP contribution < -0.4 is 0 Å². The van der Waals surface area contributed by atoms with Gasteiger partial charge in [0.1, 0.15) is 0 Å². The maximum Gasteiger partial charge on any atom is 0.167 e. The molecule has 5 heteroatoms. The van der Waals surface area contributed by atoms with E-state index in [4.69, 9.17) is 4.74 Å². The third-order valence-corrected chi connectivity index (χ3v) is 6.58. The standard InChI is InChI=1S/C28H28F4O/c1-3-5-17-6-15-24(33-16-17)23-14-13-22(27(31)28(23)32)20-9-7-19(8-10-20)21-12-11-18(4-2)25(29)26(21)30/h7-14,17,24H,3-6,15-16H2,1-2H3. The summed E-state index contributed by atoms with van der Waals surface area (Å²) in [5, 5.41) is 0. The topological polar surface area (TPSA) is 9.23 Å². The summed E-state index contributed by atoms with van der Waals surface area (Å²) < 4.78 is 64.4. The van der Waals surface area contributed by atoms with E-state index < -0.39 is 29.4 Å². The second-order valence-corrected chi connectivity index (χ2v) is 8.72. The fourth-order valence-electron chi connectivity index (χ4n) is 4.64. The molecule has 1 aliphatic rings. The number of benzene rings is 3. The van der Waals surface area contributed by atoms with Gasteiger partial charge in [0.2, 0.25) is 0 Å². The van der Waals surface area contributed by atoms with Crippen LogP contribution in [-0.4, -0.2) is 6.61 Å². The normalized spacial score (nSPS) is 18.5. The maximum atomic E-state index is 15.0. The molecule has 2 atom stereocenters. The molecule has 4 rings (SSSR count). The summed E-state index contributed by atoms with van der Waals surface area (Å²) in [4.78, 5) is 0. The van der Waals surface area contributed by atoms with Crippen molar-refractivity contribution >= 4 is 0 Å². The van der Waals surface area contributed by atoms with Crippen molar-refractivity contribution < 1.29 is 22.3 Å². The average Bonchev–Trinajstić information content (AvgIpc) is 2.84. The van der Waals surface area contributed by atoms with Gasteiger partial charge in [0.15, 0.2) is 23.3 Å². The Balaban J connectivity index is 1.57. The molecule has 3 aromatic carbocycles. The van der Waals surface area contributed by atoms with Crippen LogP contribution in [0.15, 0.2) is 48.5 Å². The molecule has 0 radical (unpaired) electrons. The van der Waals surface area contributed by atoms with E-state index in [1.54, 1.807) is 49.4 Å². The van der Waals surface area contributed by atoms with Crippen molar-refractivity contribution in [1.82, 2.24) is 0 Å². The lowest BCUT2D eigenvalue weighted by Crippen LogP contribution is -2.21. The molecule has 0 spiro atoms. The molecule has 1 fully saturated rings. The Hall–Kier alpha value is -2.66. The van der Waals surface area contributed by atoms with Gasteiger partial charge in [-0.15, -0.1) is 0 Å². The smallest absolute Gasteiger partial charge is 0.167 e. The molecule has 0 saturated carbocycles. The molecule has 0 aromatic heterocycles. The molecule has 0 amide bonds. The summed E-state index contributed by atoms with van der Waals surface area (Å²) in [6.45, 7) is 4.46. The SMILES string of the molecule is CCCC1CCC(c2ccc(-c3ccc(-c4ccc(CC)c(F)c4F)cc3)c(F)c2F)OC1. The monoisotopic (exact) mass is 456 g/mol. The van der Waals surface area contributed by atoms with Crippen molar-refractivity contribution in [1.29, 1.82) is 0 Å². The number of aryl methyl sites for hydroxylation is 1. The maximum absolute atomic E-state index is 15.0. The quantitative estimate of drug-likeness (QED) is 0.338. The lowest BCUT2D eigenvalue weighted by molar-refractivity contribution is -0.0214. The minimum atomic E-state index is -0.927. The third kappa shape index (κ3) is 4.70. The number of hydrogen-bond donors (Lipinski definition) is 0. The molecule has 2 unspecified atom stereocenters. The molecule has 0 aliphatic carbocycles. The van der Waals surface area contributed by atoms with Gasteiger partial charge in [-0.25, -0.2) is 17.6 Å². The van der Waals surface area contributed by atoms with Crippen LogP contribution >= 0.6 is 0 Å². The molecule has 0 N–H and O–H groups in total. The number of rotatable bonds is 6. The van der Waals surface area contributed by atoms with Crippen molar-refractivity contribution in [3.63, 3.8) is 0 Å². The second kappa shape index (κ2) is 10.1. The highest BCUT2D eigenvalue weighted by Gasteiger charge is 2.27. The van der Waals surface area contributed by atoms with Gasteiger partial charge >= 0.3 is 0 Å². The van der Waals surface area contributed by atoms with Crippen molar-refractivity contribution in [3.05, 3.63) is 82.9 Å². The molecule has 1 nitrogen and oxygen atoms in total. The van der Waals surface area contributed by atoms with E-state index in [1.807, 2.05) is 0 Å². The summed E-state index contributed by atoms with van der Waals surface area (Å²) in [6.07, 6.45) is 3.74. The zero-order valence-corrected chi connectivity index (χ0v) is 18.9. The Labute approximate surface area is 192 Å². The van der Waals surface area contributed by atoms with Crippen LogP contribution in [0.1, 0.15) is 56.8 Å². The van der Waals surface area contributed by atoms with Gasteiger partial charge < -0.3 is 4.74 Å². The van der Waals surface area contributed by atoms with E-state index in [1.165, 1.54) is 6.07 Å². The largest absolute Gasteiger partial charge is 0.373 e. The highest BCUT2D eigenvalue weighted by atomic mass is 19.2. The first-order chi connectivity index (χ1) is 15.9. The predicted octanol–water partition coefficient (Wildman–Crippen LogP) is 8.41. The van der Waals surface area contributed by atoms with Crippen molar-refractivity contribution in [2.75, 3.05) is 6.61 Å². The Bertz CT molecular complexity index is 1120. The molecule has 1 saturated heterocycles. The van der Waals surface area contributed by atoms with Crippen LogP contribution in [0.2, 0.25) is 0 Å². The van der Waals surface area contributed by atoms with Gasteiger partial charge in [-0.2, -0.15) is 0 Å². The Morgan fingerprint density at radius 2 is 1.33 bits per heavy atom. The third-order valence-electron chi connectivity index (χ3n) is 6.58. The Morgan fingerprint density at radius 3 is 1.88 bits per heavy atom. The molecule has 0 bridgehead atoms. The first-order valence-corrected chi connectivity index (χ1v) is 11.6. The van der Waals surface area contributed by atoms with Gasteiger partial charge in [0.05, 0.1) is 12.7 Å². The zero-order valence-electron chi connectivity index (χ0n) is 18.9. The highest BCUT2D eigenvalue weighted by molar-refractivity contribution is 5.71. The first-order valence-electron chi connectivity index (χ1n) is 11.6. The van der Waals surface area contributed by atoms with Gasteiger partial charge in [-0.3, -0.25) is 0 Å². The van der Waals surface area contributed by atoms with Crippen LogP contribution in [-0.2, 0) is 11.2 Å².